The summed E-state index contributed by atoms with van der Waals surface area (Å²) in [7, 11) is 0. The van der Waals surface area contributed by atoms with Gasteiger partial charge in [-0.2, -0.15) is 0 Å². The standard InChI is InChI=1S/C9H13N3/c1-9(2,3)8-11-5-7(4-10)6-12-8/h4-6,10H,1-3H3. The first-order valence-corrected chi connectivity index (χ1v) is 3.87. The lowest BCUT2D eigenvalue weighted by Crippen LogP contribution is -2.15. The molecule has 0 aliphatic rings. The van der Waals surface area contributed by atoms with Crippen LogP contribution < -0.4 is 0 Å². The summed E-state index contributed by atoms with van der Waals surface area (Å²) in [5.41, 5.74) is 0.726. The molecule has 3 heteroatoms. The predicted octanol–water partition coefficient (Wildman–Crippen LogP) is 1.77. The molecule has 1 N–H and O–H groups in total. The van der Waals surface area contributed by atoms with Gasteiger partial charge in [0, 0.05) is 29.6 Å². The molecule has 1 rings (SSSR count). The third-order valence-corrected chi connectivity index (χ3v) is 1.51. The molecule has 0 aliphatic carbocycles. The largest absolute Gasteiger partial charge is 0.308 e. The summed E-state index contributed by atoms with van der Waals surface area (Å²) in [5.74, 6) is 0.813. The molecule has 0 aromatic carbocycles. The molecule has 12 heavy (non-hydrogen) atoms. The summed E-state index contributed by atoms with van der Waals surface area (Å²) in [6.45, 7) is 6.19. The van der Waals surface area contributed by atoms with Crippen molar-refractivity contribution in [1.29, 1.82) is 5.41 Å². The molecule has 0 spiro atoms. The molecular weight excluding hydrogens is 150 g/mol. The van der Waals surface area contributed by atoms with Gasteiger partial charge in [-0.15, -0.1) is 0 Å². The third kappa shape index (κ3) is 1.87. The molecule has 0 saturated carbocycles. The quantitative estimate of drug-likeness (QED) is 0.641. The Morgan fingerprint density at radius 3 is 2.08 bits per heavy atom. The minimum absolute atomic E-state index is 0.0133. The van der Waals surface area contributed by atoms with E-state index in [1.165, 1.54) is 6.21 Å². The number of hydrogen-bond acceptors (Lipinski definition) is 3. The first kappa shape index (κ1) is 8.84. The Kier molecular flexibility index (Phi) is 2.22. The normalized spacial score (nSPS) is 11.2. The average molecular weight is 163 g/mol. The van der Waals surface area contributed by atoms with Gasteiger partial charge in [-0.1, -0.05) is 20.8 Å². The smallest absolute Gasteiger partial charge is 0.133 e. The number of nitrogens with one attached hydrogen (secondary N) is 1. The number of nitrogens with zero attached hydrogens (tertiary/aromatic N) is 2. The lowest BCUT2D eigenvalue weighted by Gasteiger charge is -2.15. The van der Waals surface area contributed by atoms with Crippen LogP contribution in [0.1, 0.15) is 32.2 Å². The van der Waals surface area contributed by atoms with Crippen molar-refractivity contribution < 1.29 is 0 Å². The lowest BCUT2D eigenvalue weighted by atomic mass is 9.96. The maximum absolute atomic E-state index is 6.97. The van der Waals surface area contributed by atoms with Crippen molar-refractivity contribution in [1.82, 2.24) is 9.97 Å². The van der Waals surface area contributed by atoms with Gasteiger partial charge >= 0.3 is 0 Å². The van der Waals surface area contributed by atoms with Crippen LogP contribution in [0, 0.1) is 5.41 Å². The van der Waals surface area contributed by atoms with Gasteiger partial charge in [0.05, 0.1) is 0 Å². The van der Waals surface area contributed by atoms with Crippen molar-refractivity contribution >= 4 is 6.21 Å². The van der Waals surface area contributed by atoms with Crippen LogP contribution in [-0.2, 0) is 5.41 Å². The van der Waals surface area contributed by atoms with Gasteiger partial charge in [0.25, 0.3) is 0 Å². The summed E-state index contributed by atoms with van der Waals surface area (Å²) in [5, 5.41) is 6.97. The van der Waals surface area contributed by atoms with Crippen LogP contribution in [0.2, 0.25) is 0 Å². The maximum Gasteiger partial charge on any atom is 0.133 e. The zero-order valence-electron chi connectivity index (χ0n) is 7.63. The second kappa shape index (κ2) is 3.01. The Labute approximate surface area is 72.4 Å². The Morgan fingerprint density at radius 2 is 1.75 bits per heavy atom. The molecule has 1 heterocycles. The van der Waals surface area contributed by atoms with Crippen LogP contribution >= 0.6 is 0 Å². The molecule has 64 valence electrons. The van der Waals surface area contributed by atoms with E-state index >= 15 is 0 Å². The first-order chi connectivity index (χ1) is 5.54. The predicted molar refractivity (Wildman–Crippen MR) is 48.6 cm³/mol. The molecule has 0 saturated heterocycles. The highest BCUT2D eigenvalue weighted by atomic mass is 14.9. The molecular formula is C9H13N3. The molecule has 1 aromatic heterocycles. The second-order valence-electron chi connectivity index (χ2n) is 3.73. The Balaban J connectivity index is 3.00. The van der Waals surface area contributed by atoms with E-state index in [-0.39, 0.29) is 5.41 Å². The van der Waals surface area contributed by atoms with E-state index in [2.05, 4.69) is 30.7 Å². The fraction of sp³-hybridized carbons (Fsp3) is 0.444. The van der Waals surface area contributed by atoms with E-state index in [4.69, 9.17) is 5.41 Å². The fourth-order valence-electron chi connectivity index (χ4n) is 0.800. The minimum Gasteiger partial charge on any atom is -0.308 e. The van der Waals surface area contributed by atoms with Gasteiger partial charge in [-0.25, -0.2) is 9.97 Å². The summed E-state index contributed by atoms with van der Waals surface area (Å²) in [4.78, 5) is 8.32. The summed E-state index contributed by atoms with van der Waals surface area (Å²) in [6, 6.07) is 0. The molecule has 0 amide bonds. The van der Waals surface area contributed by atoms with Gasteiger partial charge < -0.3 is 5.41 Å². The Morgan fingerprint density at radius 1 is 1.25 bits per heavy atom. The summed E-state index contributed by atoms with van der Waals surface area (Å²) < 4.78 is 0. The lowest BCUT2D eigenvalue weighted by molar-refractivity contribution is 0.545. The van der Waals surface area contributed by atoms with Gasteiger partial charge in [0.15, 0.2) is 0 Å². The molecule has 0 aliphatic heterocycles. The van der Waals surface area contributed by atoms with Crippen molar-refractivity contribution in [3.05, 3.63) is 23.8 Å². The first-order valence-electron chi connectivity index (χ1n) is 3.87. The monoisotopic (exact) mass is 163 g/mol. The molecule has 0 atom stereocenters. The van der Waals surface area contributed by atoms with Gasteiger partial charge in [-0.05, 0) is 0 Å². The van der Waals surface area contributed by atoms with Crippen LogP contribution in [0.5, 0.6) is 0 Å². The molecule has 1 aromatic rings. The molecule has 0 radical (unpaired) electrons. The zero-order valence-corrected chi connectivity index (χ0v) is 7.63. The molecule has 0 fully saturated rings. The van der Waals surface area contributed by atoms with Crippen LogP contribution in [-0.4, -0.2) is 16.2 Å². The van der Waals surface area contributed by atoms with Crippen molar-refractivity contribution in [2.45, 2.75) is 26.2 Å². The van der Waals surface area contributed by atoms with E-state index < -0.39 is 0 Å². The van der Waals surface area contributed by atoms with E-state index in [1.54, 1.807) is 12.4 Å². The summed E-state index contributed by atoms with van der Waals surface area (Å²) in [6.07, 6.45) is 4.58. The topological polar surface area (TPSA) is 49.6 Å². The Bertz CT molecular complexity index is 269. The fourth-order valence-corrected chi connectivity index (χ4v) is 0.800. The van der Waals surface area contributed by atoms with Crippen molar-refractivity contribution in [3.8, 4) is 0 Å². The third-order valence-electron chi connectivity index (χ3n) is 1.51. The van der Waals surface area contributed by atoms with Crippen molar-refractivity contribution in [2.75, 3.05) is 0 Å². The highest BCUT2D eigenvalue weighted by molar-refractivity contribution is 5.75. The van der Waals surface area contributed by atoms with E-state index in [1.807, 2.05) is 0 Å². The maximum atomic E-state index is 6.97. The van der Waals surface area contributed by atoms with Gasteiger partial charge in [0.2, 0.25) is 0 Å². The van der Waals surface area contributed by atoms with E-state index in [9.17, 15) is 0 Å². The van der Waals surface area contributed by atoms with Crippen LogP contribution in [0.15, 0.2) is 12.4 Å². The SMILES string of the molecule is CC(C)(C)c1ncc(C=N)cn1. The van der Waals surface area contributed by atoms with Crippen molar-refractivity contribution in [2.24, 2.45) is 0 Å². The average Bonchev–Trinajstić information content (AvgIpc) is 2.03. The number of hydrogen-bond donors (Lipinski definition) is 1. The van der Waals surface area contributed by atoms with Gasteiger partial charge in [0.1, 0.15) is 5.82 Å². The van der Waals surface area contributed by atoms with E-state index in [0.29, 0.717) is 0 Å². The van der Waals surface area contributed by atoms with Crippen molar-refractivity contribution in [3.63, 3.8) is 0 Å². The highest BCUT2D eigenvalue weighted by Gasteiger charge is 2.16. The van der Waals surface area contributed by atoms with E-state index in [0.717, 1.165) is 11.4 Å². The minimum atomic E-state index is -0.0133. The number of aromatic nitrogens is 2. The second-order valence-corrected chi connectivity index (χ2v) is 3.73. The zero-order chi connectivity index (χ0) is 9.19. The van der Waals surface area contributed by atoms with Gasteiger partial charge in [-0.3, -0.25) is 0 Å². The van der Waals surface area contributed by atoms with Crippen LogP contribution in [0.25, 0.3) is 0 Å². The highest BCUT2D eigenvalue weighted by Crippen LogP contribution is 2.16. The van der Waals surface area contributed by atoms with Crippen LogP contribution in [0.4, 0.5) is 0 Å². The molecule has 0 unspecified atom stereocenters. The van der Waals surface area contributed by atoms with Crippen LogP contribution in [0.3, 0.4) is 0 Å². The summed E-state index contributed by atoms with van der Waals surface area (Å²) >= 11 is 0. The molecule has 0 bridgehead atoms. The Hall–Kier alpha value is -1.25. The molecule has 3 nitrogen and oxygen atoms in total. The number of rotatable bonds is 1.